The normalized spacial score (nSPS) is 31.0. The number of nitrogens with zero attached hydrogens (tertiary/aromatic N) is 1. The fourth-order valence-electron chi connectivity index (χ4n) is 6.86. The minimum absolute atomic E-state index is 0.00920. The molecule has 1 spiro atoms. The lowest BCUT2D eigenvalue weighted by Gasteiger charge is -2.40. The van der Waals surface area contributed by atoms with Crippen LogP contribution in [0.25, 0.3) is 0 Å². The average molecular weight is 530 g/mol. The number of carbonyl (C=O) groups is 3. The molecule has 4 rings (SSSR count). The number of aliphatic hydroxyl groups is 1. The molecule has 0 aromatic heterocycles. The van der Waals surface area contributed by atoms with Gasteiger partial charge in [0.2, 0.25) is 17.7 Å². The second kappa shape index (κ2) is 11.8. The zero-order valence-electron chi connectivity index (χ0n) is 22.6. The largest absolute Gasteiger partial charge is 0.394 e. The van der Waals surface area contributed by atoms with Gasteiger partial charge >= 0.3 is 0 Å². The molecule has 0 aliphatic carbocycles. The van der Waals surface area contributed by atoms with Crippen molar-refractivity contribution in [2.45, 2.75) is 88.4 Å². The first kappa shape index (κ1) is 28.0. The second-order valence-electron chi connectivity index (χ2n) is 11.5. The Morgan fingerprint density at radius 2 is 1.89 bits per heavy atom. The quantitative estimate of drug-likeness (QED) is 0.361. The van der Waals surface area contributed by atoms with E-state index in [9.17, 15) is 19.5 Å². The van der Waals surface area contributed by atoms with Gasteiger partial charge in [-0.1, -0.05) is 70.9 Å². The van der Waals surface area contributed by atoms with Gasteiger partial charge in [-0.05, 0) is 36.7 Å². The van der Waals surface area contributed by atoms with E-state index in [0.717, 1.165) is 31.2 Å². The van der Waals surface area contributed by atoms with Crippen LogP contribution in [0.1, 0.15) is 65.4 Å². The third-order valence-electron chi connectivity index (χ3n) is 8.47. The summed E-state index contributed by atoms with van der Waals surface area (Å²) in [7, 11) is 0. The Balaban J connectivity index is 1.64. The fourth-order valence-corrected chi connectivity index (χ4v) is 9.27. The molecule has 0 radical (unpaired) electrons. The van der Waals surface area contributed by atoms with Crippen molar-refractivity contribution in [3.63, 3.8) is 0 Å². The maximum Gasteiger partial charge on any atom is 0.244 e. The number of carbonyl (C=O) groups excluding carboxylic acids is 3. The van der Waals surface area contributed by atoms with Crippen LogP contribution < -0.4 is 10.6 Å². The number of aliphatic hydroxyl groups excluding tert-OH is 1. The average Bonchev–Trinajstić information content (AvgIpc) is 3.48. The Kier molecular flexibility index (Phi) is 8.89. The zero-order valence-corrected chi connectivity index (χ0v) is 23.4. The van der Waals surface area contributed by atoms with Crippen LogP contribution in [0.5, 0.6) is 0 Å². The molecule has 3 unspecified atom stereocenters. The smallest absolute Gasteiger partial charge is 0.244 e. The van der Waals surface area contributed by atoms with Crippen LogP contribution in [0, 0.1) is 23.7 Å². The van der Waals surface area contributed by atoms with Crippen LogP contribution in [0.3, 0.4) is 0 Å². The summed E-state index contributed by atoms with van der Waals surface area (Å²) >= 11 is 1.68. The Hall–Kier alpha value is -2.06. The van der Waals surface area contributed by atoms with Gasteiger partial charge in [0.25, 0.3) is 0 Å². The Morgan fingerprint density at radius 3 is 2.54 bits per heavy atom. The molecule has 1 aromatic rings. The molecule has 3 N–H and O–H groups in total. The predicted octanol–water partition coefficient (Wildman–Crippen LogP) is 3.35. The van der Waals surface area contributed by atoms with E-state index in [1.165, 1.54) is 0 Å². The minimum atomic E-state index is -0.681. The van der Waals surface area contributed by atoms with Gasteiger partial charge in [-0.2, -0.15) is 0 Å². The van der Waals surface area contributed by atoms with Crippen LogP contribution >= 0.6 is 11.8 Å². The first-order valence-corrected chi connectivity index (χ1v) is 14.8. The number of hydrogen-bond acceptors (Lipinski definition) is 5. The lowest BCUT2D eigenvalue weighted by Crippen LogP contribution is -2.58. The Labute approximate surface area is 225 Å². The second-order valence-corrected chi connectivity index (χ2v) is 13.0. The molecule has 204 valence electrons. The van der Waals surface area contributed by atoms with Gasteiger partial charge in [0.1, 0.15) is 6.04 Å². The number of benzene rings is 1. The highest BCUT2D eigenvalue weighted by Gasteiger charge is 2.76. The molecule has 8 heteroatoms. The first-order chi connectivity index (χ1) is 17.8. The molecule has 37 heavy (non-hydrogen) atoms. The number of amides is 3. The third kappa shape index (κ3) is 5.16. The van der Waals surface area contributed by atoms with Gasteiger partial charge in [-0.25, -0.2) is 0 Å². The van der Waals surface area contributed by atoms with Crippen molar-refractivity contribution in [3.05, 3.63) is 35.9 Å². The van der Waals surface area contributed by atoms with E-state index in [2.05, 4.69) is 38.3 Å². The summed E-state index contributed by atoms with van der Waals surface area (Å²) in [5.41, 5.74) is 1.01. The maximum absolute atomic E-state index is 14.2. The van der Waals surface area contributed by atoms with E-state index < -0.39 is 28.7 Å². The molecule has 2 bridgehead atoms. The van der Waals surface area contributed by atoms with Crippen LogP contribution in [-0.4, -0.2) is 63.0 Å². The lowest BCUT2D eigenvalue weighted by molar-refractivity contribution is -0.143. The highest BCUT2D eigenvalue weighted by molar-refractivity contribution is 8.02. The van der Waals surface area contributed by atoms with E-state index in [1.54, 1.807) is 16.7 Å². The number of hydrogen-bond donors (Lipinski definition) is 3. The van der Waals surface area contributed by atoms with Crippen molar-refractivity contribution in [1.29, 1.82) is 0 Å². The van der Waals surface area contributed by atoms with Crippen molar-refractivity contribution >= 4 is 29.5 Å². The van der Waals surface area contributed by atoms with Crippen molar-refractivity contribution < 1.29 is 19.5 Å². The number of fused-ring (bicyclic) bond motifs is 1. The van der Waals surface area contributed by atoms with Crippen LogP contribution in [0.15, 0.2) is 30.3 Å². The number of likely N-dealkylation sites (tertiary alicyclic amines) is 1. The van der Waals surface area contributed by atoms with Crippen molar-refractivity contribution in [2.24, 2.45) is 23.7 Å². The summed E-state index contributed by atoms with van der Waals surface area (Å²) in [5.74, 6) is -1.06. The summed E-state index contributed by atoms with van der Waals surface area (Å²) < 4.78 is -0.657. The van der Waals surface area contributed by atoms with E-state index >= 15 is 0 Å². The molecule has 1 aromatic carbocycles. The Bertz CT molecular complexity index is 973. The van der Waals surface area contributed by atoms with Gasteiger partial charge in [-0.3, -0.25) is 14.4 Å². The monoisotopic (exact) mass is 529 g/mol. The molecule has 3 fully saturated rings. The first-order valence-electron chi connectivity index (χ1n) is 14.0. The summed E-state index contributed by atoms with van der Waals surface area (Å²) in [5, 5.41) is 16.6. The molecular formula is C29H43N3O4S. The molecule has 7 nitrogen and oxygen atoms in total. The topological polar surface area (TPSA) is 98.7 Å². The van der Waals surface area contributed by atoms with Crippen molar-refractivity contribution in [2.75, 3.05) is 13.2 Å². The summed E-state index contributed by atoms with van der Waals surface area (Å²) in [4.78, 5) is 43.3. The van der Waals surface area contributed by atoms with E-state index in [-0.39, 0.29) is 41.4 Å². The Morgan fingerprint density at radius 1 is 1.16 bits per heavy atom. The van der Waals surface area contributed by atoms with Crippen LogP contribution in [0.4, 0.5) is 0 Å². The summed E-state index contributed by atoms with van der Waals surface area (Å²) in [6.45, 7) is 9.16. The van der Waals surface area contributed by atoms with E-state index in [0.29, 0.717) is 19.5 Å². The number of thioether (sulfide) groups is 1. The number of rotatable bonds is 12. The molecular weight excluding hydrogens is 486 g/mol. The van der Waals surface area contributed by atoms with Crippen molar-refractivity contribution in [3.8, 4) is 0 Å². The standard InChI is InChI=1S/C29H43N3O4S/c1-5-6-10-13-30-27(35)25-29-19(4)15-22(37-29)23(26(34)31-16-20-11-8-7-9-12-20)24(29)28(36)32(25)21(17-33)14-18(2)3/h7-9,11-12,18-19,21-25,33H,5-6,10,13-17H2,1-4H3,(H,30,35)(H,31,34)/t19?,21-,22+,23-,24+,25?,29?/m1/s1. The van der Waals surface area contributed by atoms with Crippen LogP contribution in [-0.2, 0) is 20.9 Å². The molecule has 3 aliphatic rings. The highest BCUT2D eigenvalue weighted by Crippen LogP contribution is 2.68. The number of unbranched alkanes of at least 4 members (excludes halogenated alkanes) is 2. The highest BCUT2D eigenvalue weighted by atomic mass is 32.2. The van der Waals surface area contributed by atoms with Gasteiger partial charge in [0.05, 0.1) is 29.2 Å². The van der Waals surface area contributed by atoms with Gasteiger partial charge in [0.15, 0.2) is 0 Å². The molecule has 3 amide bonds. The van der Waals surface area contributed by atoms with Crippen molar-refractivity contribution in [1.82, 2.24) is 15.5 Å². The summed E-state index contributed by atoms with van der Waals surface area (Å²) in [6.07, 6.45) is 4.40. The van der Waals surface area contributed by atoms with Gasteiger partial charge < -0.3 is 20.6 Å². The van der Waals surface area contributed by atoms with Gasteiger partial charge in [0, 0.05) is 18.3 Å². The van der Waals surface area contributed by atoms with Crippen LogP contribution in [0.2, 0.25) is 0 Å². The molecule has 3 aliphatic heterocycles. The molecule has 0 saturated carbocycles. The third-order valence-corrected chi connectivity index (χ3v) is 10.5. The molecule has 7 atom stereocenters. The SMILES string of the molecule is CCCCCNC(=O)C1N([C@@H](CO)CC(C)C)C(=O)[C@@H]2[C@H](C(=O)NCc3ccccc3)[C@@H]3CC(C)C12S3. The zero-order chi connectivity index (χ0) is 26.7. The van der Waals surface area contributed by atoms with Gasteiger partial charge in [-0.15, -0.1) is 11.8 Å². The summed E-state index contributed by atoms with van der Waals surface area (Å²) in [6, 6.07) is 8.64. The maximum atomic E-state index is 14.2. The fraction of sp³-hybridized carbons (Fsp3) is 0.690. The minimum Gasteiger partial charge on any atom is -0.394 e. The predicted molar refractivity (Wildman–Crippen MR) is 147 cm³/mol. The molecule has 3 saturated heterocycles. The van der Waals surface area contributed by atoms with E-state index in [4.69, 9.17) is 0 Å². The number of nitrogens with one attached hydrogen (secondary N) is 2. The lowest BCUT2D eigenvalue weighted by atomic mass is 9.66. The molecule has 3 heterocycles. The van der Waals surface area contributed by atoms with E-state index in [1.807, 2.05) is 30.3 Å².